The first-order valence-corrected chi connectivity index (χ1v) is 15.3. The van der Waals surface area contributed by atoms with E-state index in [1.807, 2.05) is 0 Å². The first-order valence-electron chi connectivity index (χ1n) is 13.5. The normalized spacial score (nSPS) is 11.8. The van der Waals surface area contributed by atoms with Crippen LogP contribution >= 0.6 is 23.1 Å². The van der Waals surface area contributed by atoms with Crippen LogP contribution in [0.2, 0.25) is 0 Å². The van der Waals surface area contributed by atoms with Crippen LogP contribution in [0.1, 0.15) is 35.5 Å². The molecule has 0 aliphatic carbocycles. The Morgan fingerprint density at radius 1 is 1.00 bits per heavy atom. The second-order valence-electron chi connectivity index (χ2n) is 9.26. The number of thiazole rings is 1. The molecule has 226 valence electrons. The molecule has 3 N–H and O–H groups in total. The summed E-state index contributed by atoms with van der Waals surface area (Å²) >= 11 is 2.47. The van der Waals surface area contributed by atoms with Gasteiger partial charge in [0.25, 0.3) is 11.8 Å². The highest BCUT2D eigenvalue weighted by molar-refractivity contribution is 8.00. The first kappa shape index (κ1) is 32.1. The number of halogens is 1. The minimum absolute atomic E-state index is 0.0240. The fraction of sp³-hybridized carbons (Fsp3) is 0.156. The highest BCUT2D eigenvalue weighted by Gasteiger charge is 2.19. The van der Waals surface area contributed by atoms with Crippen molar-refractivity contribution in [3.05, 3.63) is 113 Å². The third-order valence-corrected chi connectivity index (χ3v) is 7.82. The summed E-state index contributed by atoms with van der Waals surface area (Å²) in [4.78, 5) is 55.6. The monoisotopic (exact) mass is 632 g/mol. The molecular weight excluding hydrogens is 604 g/mol. The van der Waals surface area contributed by atoms with E-state index in [0.717, 1.165) is 0 Å². The van der Waals surface area contributed by atoms with Crippen LogP contribution in [-0.4, -0.2) is 40.5 Å². The zero-order chi connectivity index (χ0) is 31.5. The molecule has 4 aromatic rings. The van der Waals surface area contributed by atoms with Gasteiger partial charge in [0.05, 0.1) is 24.0 Å². The van der Waals surface area contributed by atoms with Gasteiger partial charge in [-0.05, 0) is 56.3 Å². The SMILES string of the molecule is CCOC(=O)Cc1csc(NC(=O)C(C)Sc2cccc(NC(=O)/C(=C/c3ccccc3F)NC(=O)c3ccccc3)c2)n1. The lowest BCUT2D eigenvalue weighted by molar-refractivity contribution is -0.142. The lowest BCUT2D eigenvalue weighted by Gasteiger charge is -2.14. The van der Waals surface area contributed by atoms with Gasteiger partial charge in [0, 0.05) is 27.1 Å². The van der Waals surface area contributed by atoms with Gasteiger partial charge < -0.3 is 20.7 Å². The Morgan fingerprint density at radius 2 is 1.75 bits per heavy atom. The molecule has 3 aromatic carbocycles. The Kier molecular flexibility index (Phi) is 11.4. The van der Waals surface area contributed by atoms with E-state index in [4.69, 9.17) is 4.74 Å². The number of nitrogens with one attached hydrogen (secondary N) is 3. The lowest BCUT2D eigenvalue weighted by atomic mass is 10.1. The number of carbonyl (C=O) groups is 4. The molecule has 0 saturated heterocycles. The standard InChI is InChI=1S/C32H29FN4O5S2/c1-3-42-28(38)18-24-19-43-32(35-24)37-29(39)20(2)44-25-14-9-13-23(17-25)34-31(41)27(16-22-12-7-8-15-26(22)33)36-30(40)21-10-5-4-6-11-21/h4-17,19-20H,3,18H2,1-2H3,(H,34,41)(H,36,40)(H,35,37,39)/b27-16-. The zero-order valence-corrected chi connectivity index (χ0v) is 25.5. The highest BCUT2D eigenvalue weighted by atomic mass is 32.2. The number of carbonyl (C=O) groups excluding carboxylic acids is 4. The molecule has 3 amide bonds. The molecule has 1 atom stereocenters. The van der Waals surface area contributed by atoms with Crippen LogP contribution < -0.4 is 16.0 Å². The molecule has 1 unspecified atom stereocenters. The summed E-state index contributed by atoms with van der Waals surface area (Å²) in [6.45, 7) is 3.73. The Hall–Kier alpha value is -4.81. The van der Waals surface area contributed by atoms with Crippen molar-refractivity contribution in [2.24, 2.45) is 0 Å². The van der Waals surface area contributed by atoms with E-state index in [-0.39, 0.29) is 36.2 Å². The quantitative estimate of drug-likeness (QED) is 0.101. The number of ether oxygens (including phenoxy) is 1. The number of benzene rings is 3. The minimum atomic E-state index is -0.659. The maximum atomic E-state index is 14.4. The summed E-state index contributed by atoms with van der Waals surface area (Å²) in [6, 6.07) is 21.1. The number of esters is 1. The van der Waals surface area contributed by atoms with Crippen molar-refractivity contribution >= 4 is 63.7 Å². The van der Waals surface area contributed by atoms with Gasteiger partial charge in [-0.1, -0.05) is 42.5 Å². The largest absolute Gasteiger partial charge is 0.466 e. The summed E-state index contributed by atoms with van der Waals surface area (Å²) in [5.41, 5.74) is 1.22. The second-order valence-corrected chi connectivity index (χ2v) is 11.5. The van der Waals surface area contributed by atoms with Gasteiger partial charge in [-0.25, -0.2) is 9.37 Å². The minimum Gasteiger partial charge on any atom is -0.466 e. The number of thioether (sulfide) groups is 1. The van der Waals surface area contributed by atoms with Gasteiger partial charge in [-0.15, -0.1) is 23.1 Å². The van der Waals surface area contributed by atoms with Crippen LogP contribution in [0, 0.1) is 5.82 Å². The maximum Gasteiger partial charge on any atom is 0.311 e. The average molecular weight is 633 g/mol. The third kappa shape index (κ3) is 9.35. The maximum absolute atomic E-state index is 14.4. The molecule has 0 aliphatic heterocycles. The van der Waals surface area contributed by atoms with E-state index < -0.39 is 22.9 Å². The van der Waals surface area contributed by atoms with Crippen molar-refractivity contribution in [1.82, 2.24) is 10.3 Å². The van der Waals surface area contributed by atoms with Crippen molar-refractivity contribution in [3.63, 3.8) is 0 Å². The smallest absolute Gasteiger partial charge is 0.311 e. The number of rotatable bonds is 12. The van der Waals surface area contributed by atoms with Crippen molar-refractivity contribution in [1.29, 1.82) is 0 Å². The van der Waals surface area contributed by atoms with Crippen LogP contribution in [0.5, 0.6) is 0 Å². The molecule has 9 nitrogen and oxygen atoms in total. The van der Waals surface area contributed by atoms with Crippen LogP contribution in [0.15, 0.2) is 94.8 Å². The zero-order valence-electron chi connectivity index (χ0n) is 23.8. The van der Waals surface area contributed by atoms with Gasteiger partial charge in [0.2, 0.25) is 5.91 Å². The predicted octanol–water partition coefficient (Wildman–Crippen LogP) is 5.92. The summed E-state index contributed by atoms with van der Waals surface area (Å²) < 4.78 is 19.3. The van der Waals surface area contributed by atoms with Crippen molar-refractivity contribution in [2.75, 3.05) is 17.2 Å². The van der Waals surface area contributed by atoms with E-state index in [0.29, 0.717) is 27.0 Å². The Labute approximate surface area is 261 Å². The van der Waals surface area contributed by atoms with E-state index >= 15 is 0 Å². The molecule has 44 heavy (non-hydrogen) atoms. The van der Waals surface area contributed by atoms with Gasteiger partial charge in [-0.3, -0.25) is 19.2 Å². The second kappa shape index (κ2) is 15.6. The van der Waals surface area contributed by atoms with Crippen molar-refractivity contribution < 1.29 is 28.3 Å². The summed E-state index contributed by atoms with van der Waals surface area (Å²) in [5.74, 6) is -2.42. The molecule has 0 spiro atoms. The number of aromatic nitrogens is 1. The molecule has 0 bridgehead atoms. The van der Waals surface area contributed by atoms with Crippen LogP contribution in [-0.2, 0) is 25.5 Å². The Morgan fingerprint density at radius 3 is 2.50 bits per heavy atom. The molecule has 0 saturated carbocycles. The van der Waals surface area contributed by atoms with Gasteiger partial charge in [0.1, 0.15) is 11.5 Å². The molecule has 4 rings (SSSR count). The van der Waals surface area contributed by atoms with E-state index in [1.165, 1.54) is 47.4 Å². The summed E-state index contributed by atoms with van der Waals surface area (Å²) in [7, 11) is 0. The number of nitrogens with zero attached hydrogens (tertiary/aromatic N) is 1. The number of amides is 3. The topological polar surface area (TPSA) is 126 Å². The highest BCUT2D eigenvalue weighted by Crippen LogP contribution is 2.27. The number of hydrogen-bond donors (Lipinski definition) is 3. The third-order valence-electron chi connectivity index (χ3n) is 5.92. The Bertz CT molecular complexity index is 1680. The van der Waals surface area contributed by atoms with E-state index in [9.17, 15) is 23.6 Å². The van der Waals surface area contributed by atoms with Crippen molar-refractivity contribution in [2.45, 2.75) is 30.4 Å². The van der Waals surface area contributed by atoms with Gasteiger partial charge >= 0.3 is 5.97 Å². The summed E-state index contributed by atoms with van der Waals surface area (Å²) in [6.07, 6.45) is 1.30. The molecule has 1 aromatic heterocycles. The molecular formula is C32H29FN4O5S2. The van der Waals surface area contributed by atoms with Gasteiger partial charge in [0.15, 0.2) is 5.13 Å². The number of anilines is 2. The fourth-order valence-corrected chi connectivity index (χ4v) is 5.45. The fourth-order valence-electron chi connectivity index (χ4n) is 3.81. The molecule has 0 radical (unpaired) electrons. The van der Waals surface area contributed by atoms with Crippen molar-refractivity contribution in [3.8, 4) is 0 Å². The van der Waals surface area contributed by atoms with Crippen LogP contribution in [0.4, 0.5) is 15.2 Å². The predicted molar refractivity (Wildman–Crippen MR) is 170 cm³/mol. The van der Waals surface area contributed by atoms with Crippen LogP contribution in [0.25, 0.3) is 6.08 Å². The van der Waals surface area contributed by atoms with Crippen LogP contribution in [0.3, 0.4) is 0 Å². The Balaban J connectivity index is 1.42. The lowest BCUT2D eigenvalue weighted by Crippen LogP contribution is -2.30. The average Bonchev–Trinajstić information content (AvgIpc) is 3.44. The number of hydrogen-bond acceptors (Lipinski definition) is 8. The molecule has 1 heterocycles. The first-order chi connectivity index (χ1) is 21.2. The summed E-state index contributed by atoms with van der Waals surface area (Å²) in [5, 5.41) is 9.62. The molecule has 12 heteroatoms. The van der Waals surface area contributed by atoms with E-state index in [2.05, 4.69) is 20.9 Å². The van der Waals surface area contributed by atoms with E-state index in [1.54, 1.807) is 79.9 Å². The van der Waals surface area contributed by atoms with Gasteiger partial charge in [-0.2, -0.15) is 0 Å². The molecule has 0 fully saturated rings. The molecule has 0 aliphatic rings.